The Morgan fingerprint density at radius 3 is 2.03 bits per heavy atom. The second-order valence-electron chi connectivity index (χ2n) is 7.50. The minimum atomic E-state index is -0.278. The van der Waals surface area contributed by atoms with Crippen molar-refractivity contribution in [2.75, 3.05) is 44.1 Å². The fourth-order valence-corrected chi connectivity index (χ4v) is 3.90. The van der Waals surface area contributed by atoms with E-state index in [1.54, 1.807) is 7.11 Å². The van der Waals surface area contributed by atoms with Crippen LogP contribution in [0.5, 0.6) is 5.75 Å². The van der Waals surface area contributed by atoms with Crippen molar-refractivity contribution >= 4 is 28.8 Å². The van der Waals surface area contributed by atoms with Crippen molar-refractivity contribution in [2.24, 2.45) is 0 Å². The molecule has 1 saturated heterocycles. The van der Waals surface area contributed by atoms with Crippen molar-refractivity contribution < 1.29 is 14.3 Å². The number of benzene rings is 2. The molecular weight excluding hydrogens is 366 g/mol. The Bertz CT molecular complexity index is 956. The Hall–Kier alpha value is -3.28. The fourth-order valence-electron chi connectivity index (χ4n) is 3.90. The van der Waals surface area contributed by atoms with E-state index in [1.807, 2.05) is 72.4 Å². The zero-order chi connectivity index (χ0) is 20.5. The summed E-state index contributed by atoms with van der Waals surface area (Å²) in [7, 11) is 5.51. The molecule has 0 aliphatic carbocycles. The average Bonchev–Trinajstić information content (AvgIpc) is 3.34. The molecule has 2 aliphatic heterocycles. The molecule has 2 aromatic carbocycles. The summed E-state index contributed by atoms with van der Waals surface area (Å²) in [5, 5.41) is 0. The summed E-state index contributed by atoms with van der Waals surface area (Å²) < 4.78 is 5.23. The van der Waals surface area contributed by atoms with E-state index in [0.717, 1.165) is 37.2 Å². The van der Waals surface area contributed by atoms with E-state index in [9.17, 15) is 9.59 Å². The van der Waals surface area contributed by atoms with Crippen LogP contribution < -0.4 is 14.5 Å². The smallest absolute Gasteiger partial charge is 0.282 e. The summed E-state index contributed by atoms with van der Waals surface area (Å²) in [6.45, 7) is 1.59. The number of amides is 2. The van der Waals surface area contributed by atoms with Crippen LogP contribution in [0.4, 0.5) is 11.4 Å². The summed E-state index contributed by atoms with van der Waals surface area (Å²) in [4.78, 5) is 32.2. The van der Waals surface area contributed by atoms with Crippen LogP contribution in [0.1, 0.15) is 18.4 Å². The van der Waals surface area contributed by atoms with Crippen LogP contribution in [0, 0.1) is 0 Å². The number of ether oxygens (including phenoxy) is 1. The highest BCUT2D eigenvalue weighted by Crippen LogP contribution is 2.36. The predicted octanol–water partition coefficient (Wildman–Crippen LogP) is 3.14. The van der Waals surface area contributed by atoms with E-state index < -0.39 is 0 Å². The third-order valence-corrected chi connectivity index (χ3v) is 5.48. The van der Waals surface area contributed by atoms with Gasteiger partial charge in [0.2, 0.25) is 0 Å². The largest absolute Gasteiger partial charge is 0.497 e. The Morgan fingerprint density at radius 1 is 0.862 bits per heavy atom. The van der Waals surface area contributed by atoms with Crippen LogP contribution in [0.15, 0.2) is 54.2 Å². The van der Waals surface area contributed by atoms with E-state index >= 15 is 0 Å². The van der Waals surface area contributed by atoms with Gasteiger partial charge in [0, 0.05) is 32.9 Å². The highest BCUT2D eigenvalue weighted by molar-refractivity contribution is 6.45. The molecule has 0 bridgehead atoms. The number of nitrogens with zero attached hydrogens (tertiary/aromatic N) is 3. The molecule has 2 aromatic rings. The van der Waals surface area contributed by atoms with Gasteiger partial charge in [-0.15, -0.1) is 0 Å². The number of likely N-dealkylation sites (tertiary alicyclic amines) is 1. The Morgan fingerprint density at radius 2 is 1.48 bits per heavy atom. The molecule has 29 heavy (non-hydrogen) atoms. The topological polar surface area (TPSA) is 53.1 Å². The molecule has 0 saturated carbocycles. The van der Waals surface area contributed by atoms with Gasteiger partial charge in [0.25, 0.3) is 11.8 Å². The van der Waals surface area contributed by atoms with Gasteiger partial charge in [-0.2, -0.15) is 0 Å². The third kappa shape index (κ3) is 3.35. The number of carbonyl (C=O) groups is 2. The zero-order valence-corrected chi connectivity index (χ0v) is 17.0. The molecule has 150 valence electrons. The molecule has 0 N–H and O–H groups in total. The first-order valence-electron chi connectivity index (χ1n) is 9.81. The van der Waals surface area contributed by atoms with Crippen molar-refractivity contribution in [1.29, 1.82) is 0 Å². The lowest BCUT2D eigenvalue weighted by atomic mass is 10.0. The van der Waals surface area contributed by atoms with E-state index in [-0.39, 0.29) is 11.8 Å². The first kappa shape index (κ1) is 19.1. The molecule has 1 fully saturated rings. The summed E-state index contributed by atoms with van der Waals surface area (Å²) in [6, 6.07) is 14.8. The van der Waals surface area contributed by atoms with Gasteiger partial charge in [-0.1, -0.05) is 12.1 Å². The predicted molar refractivity (Wildman–Crippen MR) is 114 cm³/mol. The van der Waals surface area contributed by atoms with Crippen LogP contribution in [-0.2, 0) is 9.59 Å². The maximum Gasteiger partial charge on any atom is 0.282 e. The van der Waals surface area contributed by atoms with Gasteiger partial charge in [0.1, 0.15) is 11.4 Å². The van der Waals surface area contributed by atoms with Crippen molar-refractivity contribution in [2.45, 2.75) is 12.8 Å². The number of anilines is 2. The van der Waals surface area contributed by atoms with Crippen molar-refractivity contribution in [3.63, 3.8) is 0 Å². The van der Waals surface area contributed by atoms with Crippen LogP contribution in [-0.4, -0.2) is 51.0 Å². The van der Waals surface area contributed by atoms with Gasteiger partial charge in [-0.05, 0) is 54.8 Å². The highest BCUT2D eigenvalue weighted by Gasteiger charge is 2.42. The van der Waals surface area contributed by atoms with E-state index in [1.165, 1.54) is 4.90 Å². The first-order valence-corrected chi connectivity index (χ1v) is 9.81. The van der Waals surface area contributed by atoms with Gasteiger partial charge < -0.3 is 14.5 Å². The number of methoxy groups -OCH3 is 1. The Balaban J connectivity index is 1.76. The quantitative estimate of drug-likeness (QED) is 0.733. The molecule has 2 amide bonds. The van der Waals surface area contributed by atoms with Gasteiger partial charge in [-0.25, -0.2) is 4.90 Å². The Kier molecular flexibility index (Phi) is 5.01. The summed E-state index contributed by atoms with van der Waals surface area (Å²) in [6.07, 6.45) is 2.05. The molecule has 0 spiro atoms. The first-order chi connectivity index (χ1) is 14.0. The lowest BCUT2D eigenvalue weighted by molar-refractivity contribution is -0.120. The second-order valence-corrected chi connectivity index (χ2v) is 7.50. The lowest BCUT2D eigenvalue weighted by Crippen LogP contribution is -2.34. The molecule has 0 radical (unpaired) electrons. The maximum absolute atomic E-state index is 13.4. The molecule has 0 unspecified atom stereocenters. The Labute approximate surface area is 171 Å². The molecule has 2 heterocycles. The van der Waals surface area contributed by atoms with Gasteiger partial charge in [0.05, 0.1) is 18.4 Å². The fraction of sp³-hybridized carbons (Fsp3) is 0.304. The lowest BCUT2D eigenvalue weighted by Gasteiger charge is -2.21. The molecule has 4 rings (SSSR count). The molecule has 0 aromatic heterocycles. The van der Waals surface area contributed by atoms with Crippen molar-refractivity contribution in [3.8, 4) is 5.75 Å². The molecule has 2 aliphatic rings. The third-order valence-electron chi connectivity index (χ3n) is 5.48. The number of imide groups is 1. The number of hydrogen-bond acceptors (Lipinski definition) is 5. The van der Waals surface area contributed by atoms with Crippen LogP contribution in [0.2, 0.25) is 0 Å². The van der Waals surface area contributed by atoms with Crippen LogP contribution in [0.25, 0.3) is 5.57 Å². The zero-order valence-electron chi connectivity index (χ0n) is 17.0. The summed E-state index contributed by atoms with van der Waals surface area (Å²) in [5.74, 6) is 0.185. The van der Waals surface area contributed by atoms with Crippen molar-refractivity contribution in [1.82, 2.24) is 4.90 Å². The standard InChI is InChI=1S/C23H25N3O3/c1-24(2)17-8-10-18(11-9-17)26-22(27)20(16-6-12-19(29-3)13-7-16)21(23(26)28)25-14-4-5-15-25/h6-13H,4-5,14-15H2,1-3H3. The van der Waals surface area contributed by atoms with Crippen molar-refractivity contribution in [3.05, 3.63) is 59.8 Å². The molecule has 0 atom stereocenters. The number of carbonyl (C=O) groups excluding carboxylic acids is 2. The summed E-state index contributed by atoms with van der Waals surface area (Å²) >= 11 is 0. The van der Waals surface area contributed by atoms with E-state index in [4.69, 9.17) is 4.74 Å². The average molecular weight is 391 g/mol. The number of rotatable bonds is 5. The summed E-state index contributed by atoms with van der Waals surface area (Å²) in [5.41, 5.74) is 3.31. The van der Waals surface area contributed by atoms with E-state index in [2.05, 4.69) is 0 Å². The molecular formula is C23H25N3O3. The van der Waals surface area contributed by atoms with Crippen LogP contribution >= 0.6 is 0 Å². The minimum absolute atomic E-state index is 0.250. The SMILES string of the molecule is COc1ccc(C2=C(N3CCCC3)C(=O)N(c3ccc(N(C)C)cc3)C2=O)cc1. The van der Waals surface area contributed by atoms with Gasteiger partial charge in [0.15, 0.2) is 0 Å². The normalized spacial score (nSPS) is 16.8. The molecule has 6 heteroatoms. The monoisotopic (exact) mass is 391 g/mol. The van der Waals surface area contributed by atoms with Gasteiger partial charge >= 0.3 is 0 Å². The second kappa shape index (κ2) is 7.62. The van der Waals surface area contributed by atoms with Crippen LogP contribution in [0.3, 0.4) is 0 Å². The van der Waals surface area contributed by atoms with E-state index in [0.29, 0.717) is 22.7 Å². The minimum Gasteiger partial charge on any atom is -0.497 e. The maximum atomic E-state index is 13.4. The van der Waals surface area contributed by atoms with Gasteiger partial charge in [-0.3, -0.25) is 9.59 Å². The molecule has 6 nitrogen and oxygen atoms in total. The highest BCUT2D eigenvalue weighted by atomic mass is 16.5. The number of hydrogen-bond donors (Lipinski definition) is 0.